The average molecular weight is 185 g/mol. The fourth-order valence-corrected chi connectivity index (χ4v) is 2.72. The van der Waals surface area contributed by atoms with Crippen LogP contribution in [0.25, 0.3) is 0 Å². The minimum Gasteiger partial charge on any atom is -0.396 e. The molecule has 13 heavy (non-hydrogen) atoms. The highest BCUT2D eigenvalue weighted by Gasteiger charge is 2.36. The van der Waals surface area contributed by atoms with Crippen molar-refractivity contribution < 1.29 is 5.11 Å². The van der Waals surface area contributed by atoms with Gasteiger partial charge in [-0.1, -0.05) is 26.2 Å². The van der Waals surface area contributed by atoms with Crippen molar-refractivity contribution in [1.29, 1.82) is 0 Å². The number of rotatable bonds is 4. The van der Waals surface area contributed by atoms with E-state index in [0.29, 0.717) is 12.6 Å². The number of hydrogen-bond donors (Lipinski definition) is 2. The van der Waals surface area contributed by atoms with Crippen molar-refractivity contribution >= 4 is 0 Å². The van der Waals surface area contributed by atoms with Crippen molar-refractivity contribution in [2.45, 2.75) is 57.9 Å². The normalized spacial score (nSPS) is 24.2. The smallest absolute Gasteiger partial charge is 0.0436 e. The highest BCUT2D eigenvalue weighted by Crippen LogP contribution is 2.42. The molecule has 1 fully saturated rings. The zero-order chi connectivity index (χ0) is 9.73. The van der Waals surface area contributed by atoms with Gasteiger partial charge in [-0.2, -0.15) is 0 Å². The summed E-state index contributed by atoms with van der Waals surface area (Å²) in [7, 11) is 0. The Morgan fingerprint density at radius 3 is 2.38 bits per heavy atom. The van der Waals surface area contributed by atoms with Crippen molar-refractivity contribution in [2.24, 2.45) is 11.1 Å². The maximum absolute atomic E-state index is 9.07. The summed E-state index contributed by atoms with van der Waals surface area (Å²) >= 11 is 0. The van der Waals surface area contributed by atoms with Gasteiger partial charge in [-0.25, -0.2) is 0 Å². The van der Waals surface area contributed by atoms with Crippen LogP contribution in [0.1, 0.15) is 51.9 Å². The molecule has 0 spiro atoms. The summed E-state index contributed by atoms with van der Waals surface area (Å²) in [6.07, 6.45) is 8.35. The minimum absolute atomic E-state index is 0.266. The van der Waals surface area contributed by atoms with Crippen molar-refractivity contribution in [1.82, 2.24) is 0 Å². The van der Waals surface area contributed by atoms with Gasteiger partial charge in [0.15, 0.2) is 0 Å². The molecule has 0 aromatic carbocycles. The van der Waals surface area contributed by atoms with E-state index >= 15 is 0 Å². The Morgan fingerprint density at radius 2 is 1.92 bits per heavy atom. The van der Waals surface area contributed by atoms with Crippen LogP contribution in [0.3, 0.4) is 0 Å². The van der Waals surface area contributed by atoms with Crippen LogP contribution in [0.5, 0.6) is 0 Å². The third kappa shape index (κ3) is 2.44. The number of nitrogens with two attached hydrogens (primary N) is 1. The maximum Gasteiger partial charge on any atom is 0.0436 e. The van der Waals surface area contributed by atoms with E-state index in [1.54, 1.807) is 0 Å². The van der Waals surface area contributed by atoms with Gasteiger partial charge in [-0.15, -0.1) is 0 Å². The number of hydrogen-bond acceptors (Lipinski definition) is 2. The summed E-state index contributed by atoms with van der Waals surface area (Å²) in [6, 6.07) is 0.292. The summed E-state index contributed by atoms with van der Waals surface area (Å²) in [6.45, 7) is 2.45. The molecule has 1 unspecified atom stereocenters. The molecular weight excluding hydrogens is 162 g/mol. The lowest BCUT2D eigenvalue weighted by atomic mass is 9.67. The molecule has 0 aromatic heterocycles. The lowest BCUT2D eigenvalue weighted by Gasteiger charge is -2.41. The molecule has 78 valence electrons. The topological polar surface area (TPSA) is 46.2 Å². The van der Waals surface area contributed by atoms with Crippen molar-refractivity contribution in [3.8, 4) is 0 Å². The van der Waals surface area contributed by atoms with Crippen LogP contribution in [-0.4, -0.2) is 17.8 Å². The van der Waals surface area contributed by atoms with E-state index in [-0.39, 0.29) is 5.41 Å². The van der Waals surface area contributed by atoms with Gasteiger partial charge in [-0.05, 0) is 31.1 Å². The second kappa shape index (κ2) is 4.97. The summed E-state index contributed by atoms with van der Waals surface area (Å²) < 4.78 is 0. The largest absolute Gasteiger partial charge is 0.396 e. The Labute approximate surface area is 81.5 Å². The molecule has 2 heteroatoms. The molecule has 0 radical (unpaired) electrons. The summed E-state index contributed by atoms with van der Waals surface area (Å²) in [4.78, 5) is 0. The van der Waals surface area contributed by atoms with Gasteiger partial charge in [0.1, 0.15) is 0 Å². The van der Waals surface area contributed by atoms with Crippen LogP contribution in [0, 0.1) is 5.41 Å². The fourth-order valence-electron chi connectivity index (χ4n) is 2.72. The molecule has 1 saturated carbocycles. The van der Waals surface area contributed by atoms with Crippen LogP contribution in [0.2, 0.25) is 0 Å². The first-order valence-electron chi connectivity index (χ1n) is 5.61. The third-order valence-electron chi connectivity index (χ3n) is 3.69. The highest BCUT2D eigenvalue weighted by molar-refractivity contribution is 4.90. The number of aliphatic hydroxyl groups excluding tert-OH is 1. The first kappa shape index (κ1) is 11.0. The van der Waals surface area contributed by atoms with Crippen LogP contribution < -0.4 is 5.73 Å². The molecular formula is C11H23NO. The van der Waals surface area contributed by atoms with Gasteiger partial charge >= 0.3 is 0 Å². The zero-order valence-corrected chi connectivity index (χ0v) is 8.76. The van der Waals surface area contributed by atoms with E-state index < -0.39 is 0 Å². The Bertz CT molecular complexity index is 136. The molecule has 2 nitrogen and oxygen atoms in total. The van der Waals surface area contributed by atoms with E-state index in [1.807, 2.05) is 0 Å². The summed E-state index contributed by atoms with van der Waals surface area (Å²) in [5, 5.41) is 9.07. The molecule has 0 aliphatic heterocycles. The quantitative estimate of drug-likeness (QED) is 0.704. The second-order valence-electron chi connectivity index (χ2n) is 4.41. The van der Waals surface area contributed by atoms with Crippen LogP contribution >= 0.6 is 0 Å². The lowest BCUT2D eigenvalue weighted by Crippen LogP contribution is -2.43. The summed E-state index contributed by atoms with van der Waals surface area (Å²) in [5.41, 5.74) is 6.42. The summed E-state index contributed by atoms with van der Waals surface area (Å²) in [5.74, 6) is 0. The molecule has 0 aromatic rings. The van der Waals surface area contributed by atoms with E-state index in [2.05, 4.69) is 6.92 Å². The van der Waals surface area contributed by atoms with E-state index in [0.717, 1.165) is 12.8 Å². The molecule has 3 N–H and O–H groups in total. The molecule has 1 atom stereocenters. The first-order chi connectivity index (χ1) is 6.25. The predicted octanol–water partition coefficient (Wildman–Crippen LogP) is 2.06. The Morgan fingerprint density at radius 1 is 1.31 bits per heavy atom. The monoisotopic (exact) mass is 185 g/mol. The lowest BCUT2D eigenvalue weighted by molar-refractivity contribution is 0.0962. The Hall–Kier alpha value is -0.0800. The molecule has 1 aliphatic rings. The second-order valence-corrected chi connectivity index (χ2v) is 4.41. The molecule has 0 amide bonds. The van der Waals surface area contributed by atoms with Crippen molar-refractivity contribution in [3.63, 3.8) is 0 Å². The maximum atomic E-state index is 9.07. The molecule has 1 aliphatic carbocycles. The number of aliphatic hydroxyl groups is 1. The van der Waals surface area contributed by atoms with Crippen molar-refractivity contribution in [3.05, 3.63) is 0 Å². The molecule has 0 saturated heterocycles. The Balaban J connectivity index is 2.60. The van der Waals surface area contributed by atoms with E-state index in [4.69, 9.17) is 10.8 Å². The SMILES string of the molecule is CCC(N)C1(CCO)CCCCC1. The van der Waals surface area contributed by atoms with E-state index in [1.165, 1.54) is 32.1 Å². The van der Waals surface area contributed by atoms with Gasteiger partial charge in [0.05, 0.1) is 0 Å². The third-order valence-corrected chi connectivity index (χ3v) is 3.69. The van der Waals surface area contributed by atoms with Gasteiger partial charge in [0, 0.05) is 12.6 Å². The average Bonchev–Trinajstić information content (AvgIpc) is 2.18. The van der Waals surface area contributed by atoms with E-state index in [9.17, 15) is 0 Å². The predicted molar refractivity (Wildman–Crippen MR) is 55.5 cm³/mol. The fraction of sp³-hybridized carbons (Fsp3) is 1.00. The molecule has 0 heterocycles. The van der Waals surface area contributed by atoms with Gasteiger partial charge in [0.2, 0.25) is 0 Å². The first-order valence-corrected chi connectivity index (χ1v) is 5.61. The standard InChI is InChI=1S/C11H23NO/c1-2-10(12)11(8-9-13)6-4-3-5-7-11/h10,13H,2-9,12H2,1H3. The van der Waals surface area contributed by atoms with Gasteiger partial charge < -0.3 is 10.8 Å². The Kier molecular flexibility index (Phi) is 4.20. The minimum atomic E-state index is 0.266. The highest BCUT2D eigenvalue weighted by atomic mass is 16.3. The van der Waals surface area contributed by atoms with Crippen LogP contribution in [0.15, 0.2) is 0 Å². The van der Waals surface area contributed by atoms with Crippen LogP contribution in [-0.2, 0) is 0 Å². The molecule has 0 bridgehead atoms. The van der Waals surface area contributed by atoms with Gasteiger partial charge in [0.25, 0.3) is 0 Å². The van der Waals surface area contributed by atoms with Gasteiger partial charge in [-0.3, -0.25) is 0 Å². The zero-order valence-electron chi connectivity index (χ0n) is 8.76. The van der Waals surface area contributed by atoms with Crippen LogP contribution in [0.4, 0.5) is 0 Å². The molecule has 1 rings (SSSR count). The van der Waals surface area contributed by atoms with Crippen molar-refractivity contribution in [2.75, 3.05) is 6.61 Å².